The van der Waals surface area contributed by atoms with Gasteiger partial charge in [0.05, 0.1) is 0 Å². The zero-order valence-electron chi connectivity index (χ0n) is 44.6. The summed E-state index contributed by atoms with van der Waals surface area (Å²) in [5.41, 5.74) is 13.9. The highest BCUT2D eigenvalue weighted by Gasteiger charge is 2.52. The summed E-state index contributed by atoms with van der Waals surface area (Å²) in [6.45, 7) is 42.6. The van der Waals surface area contributed by atoms with Crippen LogP contribution in [0.15, 0.2) is 60.7 Å². The number of hydrogen-bond acceptors (Lipinski definition) is 5. The molecule has 0 saturated carbocycles. The van der Waals surface area contributed by atoms with Gasteiger partial charge in [0.2, 0.25) is 0 Å². The summed E-state index contributed by atoms with van der Waals surface area (Å²) >= 11 is 0. The second-order valence-electron chi connectivity index (χ2n) is 26.0. The van der Waals surface area contributed by atoms with Crippen LogP contribution >= 0.6 is 0 Å². The topological polar surface area (TPSA) is 79.2 Å². The SMILES string of the molecule is CC(C)[Si]1(C(C)C)Oc2c3cc(C(C)(C)C)cc2Cc2cc(C(C)(C)C)cc(c2O1)Cc1cc(C(C)(C)C)cc(c1O)Cc1cc(C(C)(C)C)cc(c1O)Cc1cc(C(C)(C)C)cc(c1O)C3. The molecule has 3 aliphatic rings. The molecule has 6 heteroatoms. The summed E-state index contributed by atoms with van der Waals surface area (Å²) < 4.78 is 15.5. The van der Waals surface area contributed by atoms with E-state index < -0.39 is 8.56 Å². The van der Waals surface area contributed by atoms with Gasteiger partial charge >= 0.3 is 8.56 Å². The first-order valence-electron chi connectivity index (χ1n) is 24.9. The molecule has 0 radical (unpaired) electrons. The van der Waals surface area contributed by atoms with E-state index in [1.807, 2.05) is 0 Å². The van der Waals surface area contributed by atoms with Crippen molar-refractivity contribution in [2.24, 2.45) is 0 Å². The molecule has 12 bridgehead atoms. The number of phenols is 3. The molecule has 8 rings (SSSR count). The van der Waals surface area contributed by atoms with Crippen LogP contribution < -0.4 is 8.85 Å². The van der Waals surface area contributed by atoms with E-state index >= 15 is 0 Å². The Morgan fingerprint density at radius 2 is 0.493 bits per heavy atom. The van der Waals surface area contributed by atoms with E-state index in [2.05, 4.69) is 192 Å². The van der Waals surface area contributed by atoms with Crippen molar-refractivity contribution < 1.29 is 24.2 Å². The summed E-state index contributed by atoms with van der Waals surface area (Å²) in [6, 6.07) is 22.3. The van der Waals surface area contributed by atoms with Gasteiger partial charge in [-0.15, -0.1) is 0 Å². The first-order valence-corrected chi connectivity index (χ1v) is 26.9. The first-order chi connectivity index (χ1) is 30.7. The van der Waals surface area contributed by atoms with Crippen molar-refractivity contribution in [3.05, 3.63) is 144 Å². The minimum Gasteiger partial charge on any atom is -0.511 e. The number of fused-ring (bicyclic) bond motifs is 2. The molecule has 0 spiro atoms. The van der Waals surface area contributed by atoms with Gasteiger partial charge < -0.3 is 24.2 Å². The zero-order chi connectivity index (χ0) is 49.7. The summed E-state index contributed by atoms with van der Waals surface area (Å²) in [4.78, 5) is 0. The molecule has 0 fully saturated rings. The molecule has 5 aromatic carbocycles. The minimum absolute atomic E-state index is 0.0718. The fraction of sp³-hybridized carbons (Fsp3) is 0.508. The second-order valence-corrected chi connectivity index (χ2v) is 30.2. The minimum atomic E-state index is -3.21. The Labute approximate surface area is 405 Å². The Kier molecular flexibility index (Phi) is 12.8. The number of phenolic OH excluding ortho intramolecular Hbond substituents is 3. The maximum absolute atomic E-state index is 12.7. The predicted molar refractivity (Wildman–Crippen MR) is 282 cm³/mol. The van der Waals surface area contributed by atoms with Gasteiger partial charge in [0.15, 0.2) is 0 Å². The molecule has 360 valence electrons. The van der Waals surface area contributed by atoms with Gasteiger partial charge in [0.25, 0.3) is 0 Å². The van der Waals surface area contributed by atoms with Crippen LogP contribution in [0.2, 0.25) is 11.1 Å². The molecule has 0 atom stereocenters. The number of benzene rings is 5. The third-order valence-corrected chi connectivity index (χ3v) is 18.9. The maximum atomic E-state index is 12.7. The van der Waals surface area contributed by atoms with E-state index in [0.717, 1.165) is 83.8 Å². The Morgan fingerprint density at radius 1 is 0.328 bits per heavy atom. The number of rotatable bonds is 2. The van der Waals surface area contributed by atoms with Crippen LogP contribution in [0, 0.1) is 0 Å². The van der Waals surface area contributed by atoms with Crippen molar-refractivity contribution in [2.45, 2.75) is 202 Å². The van der Waals surface area contributed by atoms with Crippen molar-refractivity contribution in [3.63, 3.8) is 0 Å². The van der Waals surface area contributed by atoms with Gasteiger partial charge in [-0.25, -0.2) is 0 Å². The smallest absolute Gasteiger partial charge is 0.465 e. The molecule has 2 heterocycles. The Balaban J connectivity index is 1.68. The van der Waals surface area contributed by atoms with Crippen LogP contribution in [0.25, 0.3) is 0 Å². The van der Waals surface area contributed by atoms with Gasteiger partial charge in [-0.3, -0.25) is 0 Å². The van der Waals surface area contributed by atoms with E-state index in [1.54, 1.807) is 0 Å². The summed E-state index contributed by atoms with van der Waals surface area (Å²) in [6.07, 6.45) is 2.18. The lowest BCUT2D eigenvalue weighted by Gasteiger charge is -2.42. The molecular weight excluding hydrogens is 841 g/mol. The molecule has 0 saturated heterocycles. The average molecular weight is 923 g/mol. The lowest BCUT2D eigenvalue weighted by molar-refractivity contribution is 0.339. The highest BCUT2D eigenvalue weighted by Crippen LogP contribution is 2.49. The fourth-order valence-corrected chi connectivity index (χ4v) is 13.5. The highest BCUT2D eigenvalue weighted by atomic mass is 28.4. The summed E-state index contributed by atoms with van der Waals surface area (Å²) in [7, 11) is -3.21. The van der Waals surface area contributed by atoms with Crippen LogP contribution in [0.4, 0.5) is 0 Å². The van der Waals surface area contributed by atoms with E-state index in [1.165, 1.54) is 11.1 Å². The molecule has 67 heavy (non-hydrogen) atoms. The Bertz CT molecular complexity index is 2540. The molecule has 5 aromatic rings. The summed E-state index contributed by atoms with van der Waals surface area (Å²) in [5, 5.41) is 37.8. The summed E-state index contributed by atoms with van der Waals surface area (Å²) in [5.74, 6) is 2.41. The van der Waals surface area contributed by atoms with Gasteiger partial charge in [-0.05, 0) is 111 Å². The van der Waals surface area contributed by atoms with Crippen LogP contribution in [-0.4, -0.2) is 23.9 Å². The third kappa shape index (κ3) is 9.94. The molecule has 3 N–H and O–H groups in total. The van der Waals surface area contributed by atoms with Crippen LogP contribution in [-0.2, 0) is 59.2 Å². The molecule has 0 aromatic heterocycles. The fourth-order valence-electron chi connectivity index (χ4n) is 10.1. The highest BCUT2D eigenvalue weighted by molar-refractivity contribution is 6.71. The Hall–Kier alpha value is -4.68. The Morgan fingerprint density at radius 3 is 0.672 bits per heavy atom. The van der Waals surface area contributed by atoms with Crippen molar-refractivity contribution in [2.75, 3.05) is 0 Å². The lowest BCUT2D eigenvalue weighted by atomic mass is 9.79. The standard InChI is InChI=1S/C61H82O5Si/c1-35(2)67(36(3)4)65-55-43-22-41-29-48(58(8,9)10)27-39(53(41)63)20-37-25-47(57(5,6)7)26-38(52(37)62)21-40-28-49(59(11,12)13)30-42(54(40)64)23-44-32-51(61(17,18)19)34-46(56(44)66-67)24-45(55)33-50(31-43)60(14,15)16/h25-36,62-64H,20-24H2,1-19H3. The molecular formula is C61H82O5Si. The molecule has 0 amide bonds. The van der Waals surface area contributed by atoms with Gasteiger partial charge in [0.1, 0.15) is 28.7 Å². The predicted octanol–water partition coefficient (Wildman–Crippen LogP) is 15.6. The van der Waals surface area contributed by atoms with Crippen LogP contribution in [0.3, 0.4) is 0 Å². The van der Waals surface area contributed by atoms with E-state index in [4.69, 9.17) is 8.85 Å². The van der Waals surface area contributed by atoms with E-state index in [-0.39, 0.29) is 55.4 Å². The van der Waals surface area contributed by atoms with Gasteiger partial charge in [0, 0.05) is 43.2 Å². The third-order valence-electron chi connectivity index (χ3n) is 14.7. The van der Waals surface area contributed by atoms with Crippen LogP contribution in [0.1, 0.15) is 215 Å². The second kappa shape index (κ2) is 17.1. The number of hydrogen-bond donors (Lipinski definition) is 3. The van der Waals surface area contributed by atoms with Crippen molar-refractivity contribution in [1.82, 2.24) is 0 Å². The molecule has 0 unspecified atom stereocenters. The molecule has 2 aliphatic heterocycles. The largest absolute Gasteiger partial charge is 0.511 e. The quantitative estimate of drug-likeness (QED) is 0.151. The van der Waals surface area contributed by atoms with Crippen LogP contribution in [0.5, 0.6) is 28.7 Å². The monoisotopic (exact) mass is 923 g/mol. The maximum Gasteiger partial charge on any atom is 0.465 e. The molecule has 1 aliphatic carbocycles. The van der Waals surface area contributed by atoms with Gasteiger partial charge in [-0.1, -0.05) is 192 Å². The average Bonchev–Trinajstić information content (AvgIpc) is 3.16. The zero-order valence-corrected chi connectivity index (χ0v) is 45.6. The van der Waals surface area contributed by atoms with Gasteiger partial charge in [-0.2, -0.15) is 0 Å². The lowest BCUT2D eigenvalue weighted by Crippen LogP contribution is -2.55. The normalized spacial score (nSPS) is 15.6. The van der Waals surface area contributed by atoms with E-state index in [0.29, 0.717) is 32.1 Å². The van der Waals surface area contributed by atoms with Crippen molar-refractivity contribution >= 4 is 8.56 Å². The first kappa shape index (κ1) is 50.2. The molecule has 5 nitrogen and oxygen atoms in total. The van der Waals surface area contributed by atoms with E-state index in [9.17, 15) is 15.3 Å². The van der Waals surface area contributed by atoms with Crippen molar-refractivity contribution in [3.8, 4) is 28.7 Å². The number of aromatic hydroxyl groups is 3. The van der Waals surface area contributed by atoms with Crippen molar-refractivity contribution in [1.29, 1.82) is 0 Å².